The molecule has 0 saturated carbocycles. The smallest absolute Gasteiger partial charge is 0.212 e. The Bertz CT molecular complexity index is 777. The van der Waals surface area contributed by atoms with E-state index in [1.165, 1.54) is 0 Å². The summed E-state index contributed by atoms with van der Waals surface area (Å²) in [6.07, 6.45) is 2.77. The standard InChI is InChI=1S/C18H18BrClN4O/c19-15-4-7-17(25-12-13-2-5-16(20)6-3-13)14(10-15)11-23-24-18-21-8-1-9-22-18/h2-7,10-11H,1,8-9,12H2,(H2,21,22,24)/b23-11+. The molecule has 0 atom stereocenters. The molecular weight excluding hydrogens is 404 g/mol. The van der Waals surface area contributed by atoms with Crippen LogP contribution >= 0.6 is 27.5 Å². The van der Waals surface area contributed by atoms with Gasteiger partial charge in [0.15, 0.2) is 0 Å². The molecule has 2 N–H and O–H groups in total. The van der Waals surface area contributed by atoms with Crippen molar-refractivity contribution >= 4 is 39.7 Å². The van der Waals surface area contributed by atoms with Gasteiger partial charge in [-0.15, -0.1) is 0 Å². The van der Waals surface area contributed by atoms with E-state index >= 15 is 0 Å². The van der Waals surface area contributed by atoms with E-state index in [2.05, 4.69) is 36.8 Å². The fourth-order valence-electron chi connectivity index (χ4n) is 2.26. The number of halogens is 2. The first-order chi connectivity index (χ1) is 12.2. The van der Waals surface area contributed by atoms with Crippen molar-refractivity contribution in [3.05, 3.63) is 63.1 Å². The van der Waals surface area contributed by atoms with E-state index in [1.54, 1.807) is 6.21 Å². The van der Waals surface area contributed by atoms with Crippen LogP contribution < -0.4 is 15.5 Å². The van der Waals surface area contributed by atoms with Gasteiger partial charge in [-0.25, -0.2) is 5.43 Å². The van der Waals surface area contributed by atoms with Gasteiger partial charge < -0.3 is 10.1 Å². The zero-order valence-corrected chi connectivity index (χ0v) is 15.8. The highest BCUT2D eigenvalue weighted by atomic mass is 79.9. The number of guanidine groups is 1. The Morgan fingerprint density at radius 3 is 2.88 bits per heavy atom. The van der Waals surface area contributed by atoms with Crippen LogP contribution in [0, 0.1) is 0 Å². The summed E-state index contributed by atoms with van der Waals surface area (Å²) in [5.41, 5.74) is 4.84. The second kappa shape index (κ2) is 8.87. The Morgan fingerprint density at radius 1 is 1.28 bits per heavy atom. The third-order valence-corrected chi connectivity index (χ3v) is 4.30. The molecule has 2 aromatic carbocycles. The first kappa shape index (κ1) is 17.8. The highest BCUT2D eigenvalue weighted by Gasteiger charge is 2.05. The minimum Gasteiger partial charge on any atom is -0.488 e. The molecule has 0 radical (unpaired) electrons. The van der Waals surface area contributed by atoms with Gasteiger partial charge in [0.2, 0.25) is 5.96 Å². The zero-order valence-electron chi connectivity index (χ0n) is 13.5. The second-order valence-corrected chi connectivity index (χ2v) is 6.83. The lowest BCUT2D eigenvalue weighted by Crippen LogP contribution is -2.38. The Labute approximate surface area is 160 Å². The molecule has 0 amide bonds. The van der Waals surface area contributed by atoms with E-state index in [0.29, 0.717) is 17.6 Å². The van der Waals surface area contributed by atoms with E-state index in [1.807, 2.05) is 42.5 Å². The molecule has 0 unspecified atom stereocenters. The maximum Gasteiger partial charge on any atom is 0.212 e. The number of benzene rings is 2. The molecule has 0 aliphatic carbocycles. The number of hydrogen-bond donors (Lipinski definition) is 2. The van der Waals surface area contributed by atoms with E-state index < -0.39 is 0 Å². The summed E-state index contributed by atoms with van der Waals surface area (Å²) in [4.78, 5) is 4.31. The van der Waals surface area contributed by atoms with Crippen molar-refractivity contribution in [2.24, 2.45) is 10.1 Å². The molecule has 0 spiro atoms. The van der Waals surface area contributed by atoms with Crippen molar-refractivity contribution in [1.82, 2.24) is 10.7 Å². The van der Waals surface area contributed by atoms with Gasteiger partial charge in [-0.3, -0.25) is 4.99 Å². The molecule has 0 aromatic heterocycles. The van der Waals surface area contributed by atoms with E-state index in [9.17, 15) is 0 Å². The van der Waals surface area contributed by atoms with Crippen molar-refractivity contribution in [1.29, 1.82) is 0 Å². The van der Waals surface area contributed by atoms with Gasteiger partial charge in [-0.05, 0) is 42.3 Å². The monoisotopic (exact) mass is 420 g/mol. The second-order valence-electron chi connectivity index (χ2n) is 5.48. The molecule has 0 saturated heterocycles. The summed E-state index contributed by atoms with van der Waals surface area (Å²) in [5.74, 6) is 1.45. The van der Waals surface area contributed by atoms with Crippen molar-refractivity contribution in [3.63, 3.8) is 0 Å². The third kappa shape index (κ3) is 5.47. The number of hydrogen-bond acceptors (Lipinski definition) is 5. The molecule has 0 fully saturated rings. The van der Waals surface area contributed by atoms with Crippen LogP contribution in [0.25, 0.3) is 0 Å². The van der Waals surface area contributed by atoms with E-state index in [0.717, 1.165) is 40.9 Å². The van der Waals surface area contributed by atoms with Crippen molar-refractivity contribution in [2.75, 3.05) is 13.1 Å². The molecule has 3 rings (SSSR count). The largest absolute Gasteiger partial charge is 0.488 e. The Hall–Kier alpha value is -2.05. The van der Waals surface area contributed by atoms with Gasteiger partial charge in [0.1, 0.15) is 12.4 Å². The van der Waals surface area contributed by atoms with Crippen LogP contribution in [0.5, 0.6) is 5.75 Å². The molecule has 0 bridgehead atoms. The summed E-state index contributed by atoms with van der Waals surface area (Å²) in [7, 11) is 0. The fraction of sp³-hybridized carbons (Fsp3) is 0.222. The van der Waals surface area contributed by atoms with Crippen LogP contribution in [0.15, 0.2) is 57.0 Å². The SMILES string of the molecule is Clc1ccc(COc2ccc(Br)cc2/C=N/NC2=NCCCN2)cc1. The predicted octanol–water partition coefficient (Wildman–Crippen LogP) is 3.95. The number of aliphatic imine (C=N–C) groups is 1. The first-order valence-electron chi connectivity index (χ1n) is 7.95. The van der Waals surface area contributed by atoms with Crippen molar-refractivity contribution < 1.29 is 4.74 Å². The van der Waals surface area contributed by atoms with Gasteiger partial charge in [0.05, 0.1) is 6.21 Å². The van der Waals surface area contributed by atoms with Crippen LogP contribution in [0.1, 0.15) is 17.5 Å². The lowest BCUT2D eigenvalue weighted by atomic mass is 10.2. The van der Waals surface area contributed by atoms with Crippen LogP contribution in [0.2, 0.25) is 5.02 Å². The minimum atomic E-state index is 0.460. The minimum absolute atomic E-state index is 0.460. The number of nitrogens with zero attached hydrogens (tertiary/aromatic N) is 2. The molecule has 5 nitrogen and oxygen atoms in total. The molecule has 2 aromatic rings. The van der Waals surface area contributed by atoms with E-state index in [-0.39, 0.29) is 0 Å². The van der Waals surface area contributed by atoms with Crippen LogP contribution in [0.3, 0.4) is 0 Å². The lowest BCUT2D eigenvalue weighted by molar-refractivity contribution is 0.306. The van der Waals surface area contributed by atoms with Gasteiger partial charge in [0, 0.05) is 28.1 Å². The number of ether oxygens (including phenoxy) is 1. The highest BCUT2D eigenvalue weighted by molar-refractivity contribution is 9.10. The van der Waals surface area contributed by atoms with Crippen LogP contribution in [-0.4, -0.2) is 25.3 Å². The summed E-state index contributed by atoms with van der Waals surface area (Å²) in [6.45, 7) is 2.19. The molecular formula is C18H18BrClN4O. The number of nitrogens with one attached hydrogen (secondary N) is 2. The lowest BCUT2D eigenvalue weighted by Gasteiger charge is -2.13. The predicted molar refractivity (Wildman–Crippen MR) is 106 cm³/mol. The average Bonchev–Trinajstić information content (AvgIpc) is 2.63. The van der Waals surface area contributed by atoms with Gasteiger partial charge >= 0.3 is 0 Å². The average molecular weight is 422 g/mol. The van der Waals surface area contributed by atoms with Crippen LogP contribution in [0.4, 0.5) is 0 Å². The summed E-state index contributed by atoms with van der Waals surface area (Å²) < 4.78 is 6.89. The van der Waals surface area contributed by atoms with Crippen molar-refractivity contribution in [3.8, 4) is 5.75 Å². The van der Waals surface area contributed by atoms with Crippen molar-refractivity contribution in [2.45, 2.75) is 13.0 Å². The summed E-state index contributed by atoms with van der Waals surface area (Å²) in [6, 6.07) is 13.4. The normalized spacial score (nSPS) is 14.1. The molecule has 7 heteroatoms. The Morgan fingerprint density at radius 2 is 2.12 bits per heavy atom. The first-order valence-corrected chi connectivity index (χ1v) is 9.12. The molecule has 1 heterocycles. The number of rotatable bonds is 5. The quantitative estimate of drug-likeness (QED) is 0.567. The fourth-order valence-corrected chi connectivity index (χ4v) is 2.77. The van der Waals surface area contributed by atoms with Crippen LogP contribution in [-0.2, 0) is 6.61 Å². The Balaban J connectivity index is 1.66. The zero-order chi connectivity index (χ0) is 17.5. The van der Waals surface area contributed by atoms with E-state index in [4.69, 9.17) is 16.3 Å². The molecule has 25 heavy (non-hydrogen) atoms. The van der Waals surface area contributed by atoms with Gasteiger partial charge in [0.25, 0.3) is 0 Å². The highest BCUT2D eigenvalue weighted by Crippen LogP contribution is 2.23. The molecule has 1 aliphatic heterocycles. The summed E-state index contributed by atoms with van der Waals surface area (Å²) in [5, 5.41) is 8.12. The Kier molecular flexibility index (Phi) is 6.30. The maximum absolute atomic E-state index is 5.93. The number of hydrazone groups is 1. The van der Waals surface area contributed by atoms with Gasteiger partial charge in [-0.2, -0.15) is 5.10 Å². The summed E-state index contributed by atoms with van der Waals surface area (Å²) >= 11 is 9.39. The maximum atomic E-state index is 5.93. The third-order valence-electron chi connectivity index (χ3n) is 3.55. The molecule has 130 valence electrons. The topological polar surface area (TPSA) is 58.0 Å². The molecule has 1 aliphatic rings. The van der Waals surface area contributed by atoms with Gasteiger partial charge in [-0.1, -0.05) is 39.7 Å².